The van der Waals surface area contributed by atoms with Crippen molar-refractivity contribution in [2.75, 3.05) is 13.7 Å². The van der Waals surface area contributed by atoms with Crippen LogP contribution in [0.1, 0.15) is 10.4 Å². The largest absolute Gasteiger partial charge is 0.343 e. The minimum absolute atomic E-state index is 0.104. The van der Waals surface area contributed by atoms with Gasteiger partial charge in [-0.25, -0.2) is 9.87 Å². The zero-order valence-corrected chi connectivity index (χ0v) is 8.62. The molecule has 0 heterocycles. The second kappa shape index (κ2) is 5.82. The maximum atomic E-state index is 13.1. The molecule has 0 radical (unpaired) electrons. The molecule has 0 aromatic heterocycles. The highest BCUT2D eigenvalue weighted by molar-refractivity contribution is 5.96. The van der Waals surface area contributed by atoms with Crippen molar-refractivity contribution in [1.82, 2.24) is 10.8 Å². The van der Waals surface area contributed by atoms with E-state index in [1.54, 1.807) is 0 Å². The number of halogens is 1. The molecule has 0 fully saturated rings. The molecule has 0 aliphatic carbocycles. The van der Waals surface area contributed by atoms with E-state index in [9.17, 15) is 14.0 Å². The number of carbonyl (C=O) groups is 2. The maximum Gasteiger partial charge on any atom is 0.262 e. The van der Waals surface area contributed by atoms with Gasteiger partial charge in [-0.3, -0.25) is 14.4 Å². The van der Waals surface area contributed by atoms with Gasteiger partial charge in [0.25, 0.3) is 11.8 Å². The highest BCUT2D eigenvalue weighted by Crippen LogP contribution is 2.05. The summed E-state index contributed by atoms with van der Waals surface area (Å²) in [5.41, 5.74) is 1.92. The molecule has 16 heavy (non-hydrogen) atoms. The molecule has 0 saturated carbocycles. The number of hydroxylamine groups is 1. The first kappa shape index (κ1) is 12.1. The molecule has 1 rings (SSSR count). The van der Waals surface area contributed by atoms with Gasteiger partial charge in [-0.1, -0.05) is 12.1 Å². The van der Waals surface area contributed by atoms with Gasteiger partial charge in [-0.15, -0.1) is 0 Å². The van der Waals surface area contributed by atoms with E-state index in [1.807, 2.05) is 5.48 Å². The van der Waals surface area contributed by atoms with Gasteiger partial charge in [0.2, 0.25) is 0 Å². The third kappa shape index (κ3) is 3.32. The Morgan fingerprint density at radius 1 is 1.38 bits per heavy atom. The van der Waals surface area contributed by atoms with Crippen molar-refractivity contribution < 1.29 is 18.8 Å². The van der Waals surface area contributed by atoms with Crippen LogP contribution in [-0.4, -0.2) is 25.5 Å². The van der Waals surface area contributed by atoms with Gasteiger partial charge in [0.15, 0.2) is 0 Å². The van der Waals surface area contributed by atoms with Crippen molar-refractivity contribution >= 4 is 11.8 Å². The molecule has 5 nitrogen and oxygen atoms in total. The van der Waals surface area contributed by atoms with Crippen LogP contribution in [0.3, 0.4) is 0 Å². The number of amides is 2. The highest BCUT2D eigenvalue weighted by Gasteiger charge is 2.11. The molecule has 1 aromatic rings. The van der Waals surface area contributed by atoms with Gasteiger partial charge < -0.3 is 5.32 Å². The third-order valence-corrected chi connectivity index (χ3v) is 1.74. The molecular formula is C10H11FN2O3. The SMILES string of the molecule is CONC(=O)CNC(=O)c1ccccc1F. The highest BCUT2D eigenvalue weighted by atomic mass is 19.1. The fourth-order valence-electron chi connectivity index (χ4n) is 1.05. The van der Waals surface area contributed by atoms with Gasteiger partial charge in [0.1, 0.15) is 5.82 Å². The van der Waals surface area contributed by atoms with Crippen LogP contribution >= 0.6 is 0 Å². The predicted octanol–water partition coefficient (Wildman–Crippen LogP) is 0.233. The predicted molar refractivity (Wildman–Crippen MR) is 53.9 cm³/mol. The van der Waals surface area contributed by atoms with Crippen molar-refractivity contribution in [2.45, 2.75) is 0 Å². The van der Waals surface area contributed by atoms with Crippen molar-refractivity contribution in [1.29, 1.82) is 0 Å². The minimum atomic E-state index is -0.649. The van der Waals surface area contributed by atoms with E-state index in [4.69, 9.17) is 0 Å². The molecule has 2 amide bonds. The number of benzene rings is 1. The second-order valence-corrected chi connectivity index (χ2v) is 2.89. The minimum Gasteiger partial charge on any atom is -0.343 e. The van der Waals surface area contributed by atoms with Gasteiger partial charge in [-0.2, -0.15) is 0 Å². The average molecular weight is 226 g/mol. The molecule has 0 saturated heterocycles. The fourth-order valence-corrected chi connectivity index (χ4v) is 1.05. The first-order valence-electron chi connectivity index (χ1n) is 4.49. The van der Waals surface area contributed by atoms with E-state index in [1.165, 1.54) is 31.4 Å². The Morgan fingerprint density at radius 2 is 2.06 bits per heavy atom. The Balaban J connectivity index is 2.54. The lowest BCUT2D eigenvalue weighted by Crippen LogP contribution is -2.36. The van der Waals surface area contributed by atoms with Crippen LogP contribution in [0.5, 0.6) is 0 Å². The smallest absolute Gasteiger partial charge is 0.262 e. The molecule has 6 heteroatoms. The Hall–Kier alpha value is -1.95. The first-order chi connectivity index (χ1) is 7.65. The fraction of sp³-hybridized carbons (Fsp3) is 0.200. The monoisotopic (exact) mass is 226 g/mol. The van der Waals surface area contributed by atoms with Crippen LogP contribution in [0.4, 0.5) is 4.39 Å². The Labute approximate surface area is 91.5 Å². The van der Waals surface area contributed by atoms with Crippen LogP contribution in [0.25, 0.3) is 0 Å². The van der Waals surface area contributed by atoms with Crippen LogP contribution in [0.15, 0.2) is 24.3 Å². The molecule has 86 valence electrons. The average Bonchev–Trinajstić information content (AvgIpc) is 2.27. The lowest BCUT2D eigenvalue weighted by atomic mass is 10.2. The van der Waals surface area contributed by atoms with E-state index < -0.39 is 17.6 Å². The number of nitrogens with one attached hydrogen (secondary N) is 2. The van der Waals surface area contributed by atoms with E-state index in [0.29, 0.717) is 0 Å². The van der Waals surface area contributed by atoms with Crippen molar-refractivity contribution in [3.05, 3.63) is 35.6 Å². The Bertz CT molecular complexity index is 395. The van der Waals surface area contributed by atoms with Crippen molar-refractivity contribution in [3.63, 3.8) is 0 Å². The zero-order chi connectivity index (χ0) is 12.0. The third-order valence-electron chi connectivity index (χ3n) is 1.74. The molecule has 1 aromatic carbocycles. The second-order valence-electron chi connectivity index (χ2n) is 2.89. The summed E-state index contributed by atoms with van der Waals surface area (Å²) in [5.74, 6) is -1.80. The molecular weight excluding hydrogens is 215 g/mol. The summed E-state index contributed by atoms with van der Waals surface area (Å²) in [4.78, 5) is 26.7. The first-order valence-corrected chi connectivity index (χ1v) is 4.49. The van der Waals surface area contributed by atoms with Crippen LogP contribution in [-0.2, 0) is 9.63 Å². The molecule has 0 atom stereocenters. The van der Waals surface area contributed by atoms with Gasteiger partial charge in [-0.05, 0) is 12.1 Å². The Morgan fingerprint density at radius 3 is 2.69 bits per heavy atom. The zero-order valence-electron chi connectivity index (χ0n) is 8.62. The lowest BCUT2D eigenvalue weighted by molar-refractivity contribution is -0.130. The topological polar surface area (TPSA) is 67.4 Å². The number of hydrogen-bond donors (Lipinski definition) is 2. The lowest BCUT2D eigenvalue weighted by Gasteiger charge is -2.05. The summed E-state index contributed by atoms with van der Waals surface area (Å²) in [7, 11) is 1.27. The molecule has 2 N–H and O–H groups in total. The van der Waals surface area contributed by atoms with E-state index in [2.05, 4.69) is 10.2 Å². The quantitative estimate of drug-likeness (QED) is 0.722. The van der Waals surface area contributed by atoms with Gasteiger partial charge in [0.05, 0.1) is 19.2 Å². The summed E-state index contributed by atoms with van der Waals surface area (Å²) in [6.07, 6.45) is 0. The van der Waals surface area contributed by atoms with Gasteiger partial charge in [0, 0.05) is 0 Å². The maximum absolute atomic E-state index is 13.1. The van der Waals surface area contributed by atoms with Crippen molar-refractivity contribution in [3.8, 4) is 0 Å². The summed E-state index contributed by atoms with van der Waals surface area (Å²) in [6, 6.07) is 5.51. The summed E-state index contributed by atoms with van der Waals surface area (Å²) in [5, 5.41) is 2.25. The number of rotatable bonds is 4. The van der Waals surface area contributed by atoms with E-state index in [0.717, 1.165) is 0 Å². The molecule has 0 aliphatic rings. The van der Waals surface area contributed by atoms with Crippen LogP contribution in [0, 0.1) is 5.82 Å². The standard InChI is InChI=1S/C10H11FN2O3/c1-16-13-9(14)6-12-10(15)7-4-2-3-5-8(7)11/h2-5H,6H2,1H3,(H,12,15)(H,13,14). The number of carbonyl (C=O) groups excluding carboxylic acids is 2. The molecule has 0 spiro atoms. The van der Waals surface area contributed by atoms with E-state index in [-0.39, 0.29) is 12.1 Å². The number of hydrogen-bond acceptors (Lipinski definition) is 3. The molecule has 0 unspecified atom stereocenters. The summed E-state index contributed by atoms with van der Waals surface area (Å²) >= 11 is 0. The Kier molecular flexibility index (Phi) is 4.41. The van der Waals surface area contributed by atoms with Crippen molar-refractivity contribution in [2.24, 2.45) is 0 Å². The van der Waals surface area contributed by atoms with Gasteiger partial charge >= 0.3 is 0 Å². The summed E-state index contributed by atoms with van der Waals surface area (Å²) in [6.45, 7) is -0.277. The van der Waals surface area contributed by atoms with Crippen LogP contribution in [0.2, 0.25) is 0 Å². The van der Waals surface area contributed by atoms with E-state index >= 15 is 0 Å². The summed E-state index contributed by atoms with van der Waals surface area (Å²) < 4.78 is 13.1. The van der Waals surface area contributed by atoms with Crippen LogP contribution < -0.4 is 10.8 Å². The molecule has 0 aliphatic heterocycles. The normalized spacial score (nSPS) is 9.62. The molecule has 0 bridgehead atoms.